The molecule has 0 unspecified atom stereocenters. The van der Waals surface area contributed by atoms with Crippen molar-refractivity contribution in [2.24, 2.45) is 5.92 Å². The van der Waals surface area contributed by atoms with Gasteiger partial charge in [-0.05, 0) is 72.2 Å². The van der Waals surface area contributed by atoms with Gasteiger partial charge in [0.1, 0.15) is 5.82 Å². The number of hydrogen-bond donors (Lipinski definition) is 0. The quantitative estimate of drug-likeness (QED) is 0.163. The Morgan fingerprint density at radius 2 is 1.74 bits per heavy atom. The third-order valence-corrected chi connectivity index (χ3v) is 10.0. The van der Waals surface area contributed by atoms with Crippen molar-refractivity contribution in [1.82, 2.24) is 14.5 Å². The summed E-state index contributed by atoms with van der Waals surface area (Å²) in [4.78, 5) is 14.0. The van der Waals surface area contributed by atoms with E-state index in [2.05, 4.69) is 114 Å². The Morgan fingerprint density at radius 1 is 0.891 bits per heavy atom. The fraction of sp³-hybridized carbons (Fsp3) is 0.256. The van der Waals surface area contributed by atoms with Crippen molar-refractivity contribution in [3.63, 3.8) is 0 Å². The van der Waals surface area contributed by atoms with Crippen molar-refractivity contribution < 1.29 is 25.8 Å². The molecule has 4 aliphatic rings. The van der Waals surface area contributed by atoms with Gasteiger partial charge in [0.05, 0.1) is 0 Å². The smallest absolute Gasteiger partial charge is 0.135 e. The summed E-state index contributed by atoms with van der Waals surface area (Å²) in [6, 6.07) is 32.2. The number of fused-ring (bicyclic) bond motifs is 5. The predicted molar refractivity (Wildman–Crippen MR) is 179 cm³/mol. The molecule has 0 saturated heterocycles. The molecule has 4 heterocycles. The second-order valence-corrected chi connectivity index (χ2v) is 13.8. The molecule has 46 heavy (non-hydrogen) atoms. The number of ether oxygens (including phenoxy) is 1. The van der Waals surface area contributed by atoms with E-state index in [-0.39, 0.29) is 32.0 Å². The fourth-order valence-electron chi connectivity index (χ4n) is 7.72. The molecule has 10 rings (SSSR count). The molecule has 2 bridgehead atoms. The maximum Gasteiger partial charge on any atom is 0.135 e. The minimum atomic E-state index is 0. The van der Waals surface area contributed by atoms with Crippen molar-refractivity contribution in [1.29, 1.82) is 0 Å². The largest absolute Gasteiger partial charge is 0.509 e. The number of benzene rings is 3. The zero-order valence-electron chi connectivity index (χ0n) is 26.1. The van der Waals surface area contributed by atoms with Crippen LogP contribution in [0.25, 0.3) is 27.6 Å². The zero-order valence-corrected chi connectivity index (χ0v) is 28.4. The van der Waals surface area contributed by atoms with Crippen LogP contribution in [0.4, 0.5) is 17.1 Å². The molecule has 3 aromatic heterocycles. The Labute approximate surface area is 284 Å². The molecule has 3 fully saturated rings. The summed E-state index contributed by atoms with van der Waals surface area (Å²) in [6.07, 6.45) is 10.9. The summed E-state index contributed by atoms with van der Waals surface area (Å²) >= 11 is 0. The van der Waals surface area contributed by atoms with Gasteiger partial charge >= 0.3 is 0 Å². The molecule has 6 aromatic rings. The van der Waals surface area contributed by atoms with Gasteiger partial charge in [0.15, 0.2) is 0 Å². The third-order valence-electron chi connectivity index (χ3n) is 10.0. The number of aromatic nitrogens is 3. The van der Waals surface area contributed by atoms with E-state index in [9.17, 15) is 0 Å². The van der Waals surface area contributed by atoms with Gasteiger partial charge in [0.2, 0.25) is 0 Å². The molecule has 0 N–H and O–H groups in total. The maximum atomic E-state index is 6.48. The van der Waals surface area contributed by atoms with Crippen LogP contribution in [0, 0.1) is 24.7 Å². The van der Waals surface area contributed by atoms with Crippen molar-refractivity contribution in [2.45, 2.75) is 57.4 Å². The first-order valence-corrected chi connectivity index (χ1v) is 15.9. The molecule has 1 aliphatic heterocycles. The SMILES string of the molecule is CC(C)(C)c1ccnc(-n2c3[c-]c(Oc4[c-]c(N5[CH-]N(C67CCC(C6)C7)c6cnccc65)ccc4)ccc3c3ccccc32)c1.[Pt]. The monoisotopic (exact) mass is 783 g/mol. The number of rotatable bonds is 5. The number of pyridine rings is 2. The minimum absolute atomic E-state index is 0. The first-order valence-electron chi connectivity index (χ1n) is 15.9. The van der Waals surface area contributed by atoms with E-state index in [4.69, 9.17) is 9.72 Å². The topological polar surface area (TPSA) is 46.4 Å². The maximum absolute atomic E-state index is 6.48. The second-order valence-electron chi connectivity index (χ2n) is 13.8. The standard InChI is InChI=1S/C39H34N5O.Pt/c1-38(2,3)27-14-18-41-37(19-27)44-33-10-5-4-9-31(33)32-12-11-30(21-35(32)44)45-29-8-6-7-28(20-29)42-25-43(36-24-40-17-15-34(36)42)39-16-13-26(22-39)23-39;/h4-12,14-15,17-19,24-26H,13,16,22-23H2,1-3H3;/q-3;. The van der Waals surface area contributed by atoms with E-state index >= 15 is 0 Å². The minimum Gasteiger partial charge on any atom is -0.509 e. The van der Waals surface area contributed by atoms with Crippen LogP contribution in [0.3, 0.4) is 0 Å². The van der Waals surface area contributed by atoms with Crippen molar-refractivity contribution in [2.75, 3.05) is 9.80 Å². The van der Waals surface area contributed by atoms with Gasteiger partial charge in [-0.2, -0.15) is 18.8 Å². The van der Waals surface area contributed by atoms with Crippen molar-refractivity contribution in [3.05, 3.63) is 116 Å². The van der Waals surface area contributed by atoms with Gasteiger partial charge < -0.3 is 19.1 Å². The Morgan fingerprint density at radius 3 is 2.57 bits per heavy atom. The van der Waals surface area contributed by atoms with Gasteiger partial charge in [0, 0.05) is 73.6 Å². The number of nitrogens with zero attached hydrogens (tertiary/aromatic N) is 5. The van der Waals surface area contributed by atoms with Crippen molar-refractivity contribution >= 4 is 38.9 Å². The Balaban J connectivity index is 0.00000312. The van der Waals surface area contributed by atoms with Crippen LogP contribution in [0.1, 0.15) is 52.0 Å². The molecule has 234 valence electrons. The van der Waals surface area contributed by atoms with Gasteiger partial charge in [-0.1, -0.05) is 44.5 Å². The van der Waals surface area contributed by atoms with E-state index in [0.717, 1.165) is 44.9 Å². The summed E-state index contributed by atoms with van der Waals surface area (Å²) in [6.45, 7) is 8.93. The first-order chi connectivity index (χ1) is 21.9. The Bertz CT molecular complexity index is 2100. The first kappa shape index (κ1) is 29.3. The average molecular weight is 784 g/mol. The predicted octanol–water partition coefficient (Wildman–Crippen LogP) is 9.28. The summed E-state index contributed by atoms with van der Waals surface area (Å²) in [5.41, 5.74) is 6.74. The number of para-hydroxylation sites is 1. The fourth-order valence-corrected chi connectivity index (χ4v) is 7.72. The van der Waals surface area contributed by atoms with Gasteiger partial charge in [-0.25, -0.2) is 4.98 Å². The molecule has 3 aromatic carbocycles. The second kappa shape index (κ2) is 10.7. The van der Waals surface area contributed by atoms with Gasteiger partial charge in [-0.15, -0.1) is 41.4 Å². The summed E-state index contributed by atoms with van der Waals surface area (Å²) in [5.74, 6) is 3.02. The molecule has 7 heteroatoms. The van der Waals surface area contributed by atoms with Gasteiger partial charge in [0.25, 0.3) is 0 Å². The molecular formula is C39H34N5OPt-3. The van der Waals surface area contributed by atoms with Crippen molar-refractivity contribution in [3.8, 4) is 17.3 Å². The van der Waals surface area contributed by atoms with Crippen LogP contribution >= 0.6 is 0 Å². The van der Waals surface area contributed by atoms with Gasteiger partial charge in [-0.3, -0.25) is 4.98 Å². The molecule has 0 spiro atoms. The normalized spacial score (nSPS) is 20.1. The van der Waals surface area contributed by atoms with Crippen LogP contribution in [0.15, 0.2) is 91.4 Å². The van der Waals surface area contributed by atoms with Crippen LogP contribution in [0.2, 0.25) is 0 Å². The molecular weight excluding hydrogens is 750 g/mol. The molecule has 0 radical (unpaired) electrons. The Kier molecular flexibility index (Phi) is 6.81. The van der Waals surface area contributed by atoms with E-state index in [1.165, 1.54) is 36.9 Å². The van der Waals surface area contributed by atoms with Crippen LogP contribution in [-0.2, 0) is 26.5 Å². The molecule has 0 atom stereocenters. The molecule has 6 nitrogen and oxygen atoms in total. The average Bonchev–Trinajstić information content (AvgIpc) is 3.81. The van der Waals surface area contributed by atoms with E-state index in [0.29, 0.717) is 11.5 Å². The Hall–Kier alpha value is -4.15. The van der Waals surface area contributed by atoms with Crippen LogP contribution in [0.5, 0.6) is 11.5 Å². The number of anilines is 3. The molecule has 3 aliphatic carbocycles. The van der Waals surface area contributed by atoms with E-state index < -0.39 is 0 Å². The third kappa shape index (κ3) is 4.56. The number of hydrogen-bond acceptors (Lipinski definition) is 5. The van der Waals surface area contributed by atoms with Crippen LogP contribution < -0.4 is 14.5 Å². The molecule has 0 amide bonds. The van der Waals surface area contributed by atoms with E-state index in [1.807, 2.05) is 36.8 Å². The molecule has 3 saturated carbocycles. The van der Waals surface area contributed by atoms with Crippen LogP contribution in [-0.4, -0.2) is 20.1 Å². The summed E-state index contributed by atoms with van der Waals surface area (Å²) in [5, 5.41) is 2.27. The van der Waals surface area contributed by atoms with E-state index in [1.54, 1.807) is 0 Å². The summed E-state index contributed by atoms with van der Waals surface area (Å²) in [7, 11) is 0. The summed E-state index contributed by atoms with van der Waals surface area (Å²) < 4.78 is 8.68. The zero-order chi connectivity index (χ0) is 30.3.